The molecule has 0 saturated carbocycles. The molecular formula is C17H26N2O2. The Balaban J connectivity index is 1.81. The van der Waals surface area contributed by atoms with Crippen molar-refractivity contribution >= 4 is 11.7 Å². The van der Waals surface area contributed by atoms with Gasteiger partial charge in [0.1, 0.15) is 6.04 Å². The van der Waals surface area contributed by atoms with Gasteiger partial charge in [0, 0.05) is 24.8 Å². The second-order valence-electron chi connectivity index (χ2n) is 5.80. The maximum absolute atomic E-state index is 11.3. The van der Waals surface area contributed by atoms with Crippen LogP contribution in [0.2, 0.25) is 0 Å². The zero-order valence-corrected chi connectivity index (χ0v) is 12.8. The van der Waals surface area contributed by atoms with E-state index in [4.69, 9.17) is 0 Å². The Morgan fingerprint density at radius 2 is 2.00 bits per heavy atom. The molecule has 1 aliphatic heterocycles. The highest BCUT2D eigenvalue weighted by Gasteiger charge is 2.24. The zero-order valence-electron chi connectivity index (χ0n) is 12.8. The minimum Gasteiger partial charge on any atom is -0.480 e. The van der Waals surface area contributed by atoms with Crippen LogP contribution in [0.4, 0.5) is 5.69 Å². The standard InChI is InChI=1S/C17H26N2O2/c1-2-3-9-16(17(20)21)18-14-10-12-19(13-11-14)15-7-5-4-6-8-15/h4-8,14,16,18H,2-3,9-13H2,1H3,(H,20,21)/t16-/m0/s1. The van der Waals surface area contributed by atoms with Crippen LogP contribution in [0.1, 0.15) is 39.0 Å². The van der Waals surface area contributed by atoms with Crippen LogP contribution in [0.15, 0.2) is 30.3 Å². The molecule has 0 unspecified atom stereocenters. The number of carboxylic acid groups (broad SMARTS) is 1. The number of rotatable bonds is 7. The Hall–Kier alpha value is -1.55. The molecule has 1 aromatic rings. The van der Waals surface area contributed by atoms with Gasteiger partial charge in [0.25, 0.3) is 0 Å². The Bertz CT molecular complexity index is 428. The molecule has 0 bridgehead atoms. The monoisotopic (exact) mass is 290 g/mol. The van der Waals surface area contributed by atoms with Crippen molar-refractivity contribution in [3.05, 3.63) is 30.3 Å². The number of carbonyl (C=O) groups is 1. The number of nitrogens with zero attached hydrogens (tertiary/aromatic N) is 1. The number of anilines is 1. The van der Waals surface area contributed by atoms with E-state index in [-0.39, 0.29) is 0 Å². The van der Waals surface area contributed by atoms with Crippen molar-refractivity contribution in [2.24, 2.45) is 0 Å². The van der Waals surface area contributed by atoms with E-state index < -0.39 is 12.0 Å². The molecule has 2 N–H and O–H groups in total. The number of aliphatic carboxylic acids is 1. The van der Waals surface area contributed by atoms with Crippen molar-refractivity contribution in [3.63, 3.8) is 0 Å². The molecule has 4 heteroatoms. The zero-order chi connectivity index (χ0) is 15.1. The van der Waals surface area contributed by atoms with Crippen LogP contribution < -0.4 is 10.2 Å². The van der Waals surface area contributed by atoms with E-state index >= 15 is 0 Å². The average molecular weight is 290 g/mol. The predicted molar refractivity (Wildman–Crippen MR) is 85.8 cm³/mol. The first-order chi connectivity index (χ1) is 10.2. The van der Waals surface area contributed by atoms with E-state index in [1.54, 1.807) is 0 Å². The van der Waals surface area contributed by atoms with Crippen LogP contribution in [-0.2, 0) is 4.79 Å². The summed E-state index contributed by atoms with van der Waals surface area (Å²) >= 11 is 0. The summed E-state index contributed by atoms with van der Waals surface area (Å²) in [6, 6.07) is 10.4. The molecular weight excluding hydrogens is 264 g/mol. The van der Waals surface area contributed by atoms with Gasteiger partial charge in [-0.25, -0.2) is 0 Å². The second kappa shape index (κ2) is 8.03. The molecule has 0 aromatic heterocycles. The number of hydrogen-bond acceptors (Lipinski definition) is 3. The quantitative estimate of drug-likeness (QED) is 0.811. The summed E-state index contributed by atoms with van der Waals surface area (Å²) in [6.45, 7) is 4.07. The lowest BCUT2D eigenvalue weighted by Crippen LogP contribution is -2.48. The first kappa shape index (κ1) is 15.8. The van der Waals surface area contributed by atoms with Crippen molar-refractivity contribution < 1.29 is 9.90 Å². The molecule has 1 fully saturated rings. The molecule has 0 aliphatic carbocycles. The number of benzene rings is 1. The normalized spacial score (nSPS) is 17.7. The minimum absolute atomic E-state index is 0.322. The lowest BCUT2D eigenvalue weighted by atomic mass is 10.0. The summed E-state index contributed by atoms with van der Waals surface area (Å²) in [6.07, 6.45) is 4.74. The summed E-state index contributed by atoms with van der Waals surface area (Å²) < 4.78 is 0. The van der Waals surface area contributed by atoms with E-state index in [0.717, 1.165) is 45.2 Å². The minimum atomic E-state index is -0.714. The average Bonchev–Trinajstić information content (AvgIpc) is 2.52. The lowest BCUT2D eigenvalue weighted by molar-refractivity contribution is -0.140. The number of nitrogens with one attached hydrogen (secondary N) is 1. The first-order valence-electron chi connectivity index (χ1n) is 7.99. The van der Waals surface area contributed by atoms with Gasteiger partial charge in [0.15, 0.2) is 0 Å². The molecule has 1 aromatic carbocycles. The molecule has 4 nitrogen and oxygen atoms in total. The van der Waals surface area contributed by atoms with Gasteiger partial charge < -0.3 is 15.3 Å². The molecule has 1 heterocycles. The topological polar surface area (TPSA) is 52.6 Å². The van der Waals surface area contributed by atoms with E-state index in [1.165, 1.54) is 5.69 Å². The molecule has 0 spiro atoms. The molecule has 1 atom stereocenters. The third-order valence-electron chi connectivity index (χ3n) is 4.20. The summed E-state index contributed by atoms with van der Waals surface area (Å²) in [5.41, 5.74) is 1.26. The molecule has 2 rings (SSSR count). The van der Waals surface area contributed by atoms with Gasteiger partial charge in [0.2, 0.25) is 0 Å². The summed E-state index contributed by atoms with van der Waals surface area (Å²) in [4.78, 5) is 13.7. The molecule has 0 radical (unpaired) electrons. The van der Waals surface area contributed by atoms with Crippen molar-refractivity contribution in [2.45, 2.75) is 51.1 Å². The Morgan fingerprint density at radius 1 is 1.33 bits per heavy atom. The van der Waals surface area contributed by atoms with Crippen LogP contribution in [0, 0.1) is 0 Å². The molecule has 1 saturated heterocycles. The fourth-order valence-electron chi connectivity index (χ4n) is 2.91. The first-order valence-corrected chi connectivity index (χ1v) is 7.99. The van der Waals surface area contributed by atoms with Gasteiger partial charge in [-0.15, -0.1) is 0 Å². The van der Waals surface area contributed by atoms with Gasteiger partial charge in [-0.05, 0) is 31.4 Å². The summed E-state index contributed by atoms with van der Waals surface area (Å²) in [5.74, 6) is -0.714. The Kier molecular flexibility index (Phi) is 6.05. The number of para-hydroxylation sites is 1. The number of piperidine rings is 1. The van der Waals surface area contributed by atoms with Crippen LogP contribution in [0.5, 0.6) is 0 Å². The smallest absolute Gasteiger partial charge is 0.320 e. The van der Waals surface area contributed by atoms with Gasteiger partial charge in [0.05, 0.1) is 0 Å². The number of carboxylic acids is 1. The lowest BCUT2D eigenvalue weighted by Gasteiger charge is -2.35. The van der Waals surface area contributed by atoms with Gasteiger partial charge >= 0.3 is 5.97 Å². The van der Waals surface area contributed by atoms with E-state index in [0.29, 0.717) is 6.04 Å². The van der Waals surface area contributed by atoms with Crippen LogP contribution in [0.25, 0.3) is 0 Å². The van der Waals surface area contributed by atoms with Crippen LogP contribution >= 0.6 is 0 Å². The fourth-order valence-corrected chi connectivity index (χ4v) is 2.91. The highest BCUT2D eigenvalue weighted by Crippen LogP contribution is 2.20. The van der Waals surface area contributed by atoms with Crippen molar-refractivity contribution in [2.75, 3.05) is 18.0 Å². The molecule has 21 heavy (non-hydrogen) atoms. The van der Waals surface area contributed by atoms with Crippen LogP contribution in [-0.4, -0.2) is 36.2 Å². The van der Waals surface area contributed by atoms with Crippen molar-refractivity contribution in [1.29, 1.82) is 0 Å². The van der Waals surface area contributed by atoms with E-state index in [9.17, 15) is 9.90 Å². The van der Waals surface area contributed by atoms with E-state index in [2.05, 4.69) is 41.4 Å². The van der Waals surface area contributed by atoms with Gasteiger partial charge in [-0.2, -0.15) is 0 Å². The Morgan fingerprint density at radius 3 is 2.57 bits per heavy atom. The fraction of sp³-hybridized carbons (Fsp3) is 0.588. The highest BCUT2D eigenvalue weighted by atomic mass is 16.4. The Labute approximate surface area is 127 Å². The van der Waals surface area contributed by atoms with E-state index in [1.807, 2.05) is 6.07 Å². The number of unbranched alkanes of at least 4 members (excludes halogenated alkanes) is 1. The predicted octanol–water partition coefficient (Wildman–Crippen LogP) is 2.89. The third kappa shape index (κ3) is 4.74. The summed E-state index contributed by atoms with van der Waals surface area (Å²) in [7, 11) is 0. The highest BCUT2D eigenvalue weighted by molar-refractivity contribution is 5.73. The number of hydrogen-bond donors (Lipinski definition) is 2. The van der Waals surface area contributed by atoms with Gasteiger partial charge in [-0.3, -0.25) is 4.79 Å². The third-order valence-corrected chi connectivity index (χ3v) is 4.20. The molecule has 1 aliphatic rings. The van der Waals surface area contributed by atoms with Crippen molar-refractivity contribution in [1.82, 2.24) is 5.32 Å². The molecule has 116 valence electrons. The largest absolute Gasteiger partial charge is 0.480 e. The second-order valence-corrected chi connectivity index (χ2v) is 5.80. The van der Waals surface area contributed by atoms with Gasteiger partial charge in [-0.1, -0.05) is 38.0 Å². The summed E-state index contributed by atoms with van der Waals surface area (Å²) in [5, 5.41) is 12.6. The van der Waals surface area contributed by atoms with Crippen LogP contribution in [0.3, 0.4) is 0 Å². The van der Waals surface area contributed by atoms with Crippen molar-refractivity contribution in [3.8, 4) is 0 Å². The maximum atomic E-state index is 11.3. The molecule has 0 amide bonds. The maximum Gasteiger partial charge on any atom is 0.320 e. The SMILES string of the molecule is CCCC[C@H](NC1CCN(c2ccccc2)CC1)C(=O)O.